The van der Waals surface area contributed by atoms with Gasteiger partial charge in [0.2, 0.25) is 0 Å². The fourth-order valence-corrected chi connectivity index (χ4v) is 2.80. The van der Waals surface area contributed by atoms with Crippen LogP contribution in [0.2, 0.25) is 10.0 Å². The SMILES string of the molecule is O=C(N/N=C\c1ccc(Cl)cc1Cl)c1ccc(NC(=O)c2ccc(F)cc2)cc1. The van der Waals surface area contributed by atoms with Gasteiger partial charge in [0.25, 0.3) is 11.8 Å². The van der Waals surface area contributed by atoms with E-state index in [9.17, 15) is 14.0 Å². The van der Waals surface area contributed by atoms with Gasteiger partial charge in [0.15, 0.2) is 0 Å². The van der Waals surface area contributed by atoms with Gasteiger partial charge in [-0.15, -0.1) is 0 Å². The summed E-state index contributed by atoms with van der Waals surface area (Å²) in [5.41, 5.74) is 4.17. The number of nitrogens with zero attached hydrogens (tertiary/aromatic N) is 1. The van der Waals surface area contributed by atoms with Crippen molar-refractivity contribution in [3.05, 3.63) is 99.3 Å². The van der Waals surface area contributed by atoms with Gasteiger partial charge >= 0.3 is 0 Å². The molecule has 3 rings (SSSR count). The molecule has 0 aromatic heterocycles. The summed E-state index contributed by atoms with van der Waals surface area (Å²) >= 11 is 11.9. The Morgan fingerprint density at radius 3 is 2.14 bits per heavy atom. The number of anilines is 1. The number of carbonyl (C=O) groups excluding carboxylic acids is 2. The molecule has 0 aliphatic rings. The maximum Gasteiger partial charge on any atom is 0.271 e. The van der Waals surface area contributed by atoms with Crippen molar-refractivity contribution in [1.82, 2.24) is 5.43 Å². The maximum atomic E-state index is 12.9. The molecule has 0 radical (unpaired) electrons. The first-order valence-electron chi connectivity index (χ1n) is 8.38. The van der Waals surface area contributed by atoms with Crippen molar-refractivity contribution < 1.29 is 14.0 Å². The fourth-order valence-electron chi connectivity index (χ4n) is 2.34. The number of hydrogen-bond donors (Lipinski definition) is 2. The van der Waals surface area contributed by atoms with Crippen LogP contribution < -0.4 is 10.7 Å². The molecule has 0 unspecified atom stereocenters. The smallest absolute Gasteiger partial charge is 0.271 e. The minimum Gasteiger partial charge on any atom is -0.322 e. The van der Waals surface area contributed by atoms with Crippen molar-refractivity contribution in [3.63, 3.8) is 0 Å². The van der Waals surface area contributed by atoms with Crippen LogP contribution in [0.4, 0.5) is 10.1 Å². The Hall–Kier alpha value is -3.22. The van der Waals surface area contributed by atoms with E-state index in [0.717, 1.165) is 0 Å². The van der Waals surface area contributed by atoms with Crippen LogP contribution in [-0.2, 0) is 0 Å². The lowest BCUT2D eigenvalue weighted by Crippen LogP contribution is -2.18. The molecule has 0 aliphatic carbocycles. The summed E-state index contributed by atoms with van der Waals surface area (Å²) in [5, 5.41) is 7.46. The first-order valence-corrected chi connectivity index (χ1v) is 9.13. The van der Waals surface area contributed by atoms with E-state index < -0.39 is 11.7 Å². The summed E-state index contributed by atoms with van der Waals surface area (Å²) < 4.78 is 12.9. The van der Waals surface area contributed by atoms with Crippen LogP contribution in [0.3, 0.4) is 0 Å². The lowest BCUT2D eigenvalue weighted by Gasteiger charge is -2.06. The van der Waals surface area contributed by atoms with Gasteiger partial charge in [0.05, 0.1) is 11.2 Å². The van der Waals surface area contributed by atoms with Crippen molar-refractivity contribution in [2.24, 2.45) is 5.10 Å². The summed E-state index contributed by atoms with van der Waals surface area (Å²) in [7, 11) is 0. The van der Waals surface area contributed by atoms with Gasteiger partial charge in [-0.25, -0.2) is 9.82 Å². The van der Waals surface area contributed by atoms with Gasteiger partial charge in [0.1, 0.15) is 5.82 Å². The second kappa shape index (κ2) is 9.32. The monoisotopic (exact) mass is 429 g/mol. The summed E-state index contributed by atoms with van der Waals surface area (Å²) in [4.78, 5) is 24.3. The quantitative estimate of drug-likeness (QED) is 0.434. The predicted octanol–water partition coefficient (Wildman–Crippen LogP) is 5.15. The van der Waals surface area contributed by atoms with Crippen LogP contribution in [0.5, 0.6) is 0 Å². The Bertz CT molecular complexity index is 1070. The molecule has 146 valence electrons. The molecule has 0 saturated carbocycles. The molecule has 0 bridgehead atoms. The second-order valence-electron chi connectivity index (χ2n) is 5.90. The molecule has 29 heavy (non-hydrogen) atoms. The van der Waals surface area contributed by atoms with E-state index in [1.54, 1.807) is 42.5 Å². The second-order valence-corrected chi connectivity index (χ2v) is 6.75. The number of rotatable bonds is 5. The fraction of sp³-hybridized carbons (Fsp3) is 0. The van der Waals surface area contributed by atoms with Gasteiger partial charge in [-0.1, -0.05) is 29.3 Å². The van der Waals surface area contributed by atoms with Crippen LogP contribution >= 0.6 is 23.2 Å². The minimum atomic E-state index is -0.428. The van der Waals surface area contributed by atoms with Crippen molar-refractivity contribution in [1.29, 1.82) is 0 Å². The van der Waals surface area contributed by atoms with E-state index in [1.165, 1.54) is 30.5 Å². The molecule has 2 N–H and O–H groups in total. The summed E-state index contributed by atoms with van der Waals surface area (Å²) in [6.07, 6.45) is 1.41. The van der Waals surface area contributed by atoms with Crippen LogP contribution in [0, 0.1) is 5.82 Å². The van der Waals surface area contributed by atoms with Gasteiger partial charge in [-0.3, -0.25) is 9.59 Å². The predicted molar refractivity (Wildman–Crippen MR) is 112 cm³/mol. The van der Waals surface area contributed by atoms with E-state index in [-0.39, 0.29) is 5.91 Å². The average molecular weight is 430 g/mol. The molecule has 0 aliphatic heterocycles. The van der Waals surface area contributed by atoms with Gasteiger partial charge in [-0.05, 0) is 60.7 Å². The van der Waals surface area contributed by atoms with E-state index >= 15 is 0 Å². The number of carbonyl (C=O) groups is 2. The highest BCUT2D eigenvalue weighted by molar-refractivity contribution is 6.36. The minimum absolute atomic E-state index is 0.323. The molecule has 8 heteroatoms. The van der Waals surface area contributed by atoms with Crippen molar-refractivity contribution >= 4 is 46.9 Å². The van der Waals surface area contributed by atoms with E-state index in [1.807, 2.05) is 0 Å². The summed E-state index contributed by atoms with van der Waals surface area (Å²) in [5.74, 6) is -1.23. The highest BCUT2D eigenvalue weighted by Crippen LogP contribution is 2.19. The third kappa shape index (κ3) is 5.63. The molecule has 5 nitrogen and oxygen atoms in total. The van der Waals surface area contributed by atoms with Crippen LogP contribution in [0.1, 0.15) is 26.3 Å². The first-order chi connectivity index (χ1) is 13.9. The molecule has 0 heterocycles. The molecule has 0 spiro atoms. The Labute approximate surface area is 176 Å². The third-order valence-electron chi connectivity index (χ3n) is 3.84. The zero-order valence-electron chi connectivity index (χ0n) is 14.8. The lowest BCUT2D eigenvalue weighted by molar-refractivity contribution is 0.0954. The summed E-state index contributed by atoms with van der Waals surface area (Å²) in [6.45, 7) is 0. The molecular weight excluding hydrogens is 416 g/mol. The Morgan fingerprint density at radius 2 is 1.48 bits per heavy atom. The molecule has 0 atom stereocenters. The van der Waals surface area contributed by atoms with Gasteiger partial charge < -0.3 is 5.32 Å². The zero-order valence-corrected chi connectivity index (χ0v) is 16.3. The topological polar surface area (TPSA) is 70.6 Å². The Morgan fingerprint density at radius 1 is 0.862 bits per heavy atom. The Balaban J connectivity index is 1.59. The van der Waals surface area contributed by atoms with Crippen LogP contribution in [0.15, 0.2) is 71.8 Å². The van der Waals surface area contributed by atoms with Crippen molar-refractivity contribution in [3.8, 4) is 0 Å². The molecule has 3 aromatic rings. The molecular formula is C21H14Cl2FN3O2. The molecule has 0 fully saturated rings. The maximum absolute atomic E-state index is 12.9. The van der Waals surface area contributed by atoms with Crippen LogP contribution in [-0.4, -0.2) is 18.0 Å². The van der Waals surface area contributed by atoms with E-state index in [2.05, 4.69) is 15.8 Å². The number of nitrogens with one attached hydrogen (secondary N) is 2. The highest BCUT2D eigenvalue weighted by atomic mass is 35.5. The largest absolute Gasteiger partial charge is 0.322 e. The zero-order chi connectivity index (χ0) is 20.8. The lowest BCUT2D eigenvalue weighted by atomic mass is 10.1. The standard InChI is InChI=1S/C21H14Cl2FN3O2/c22-16-6-1-15(19(23)11-16)12-25-27-21(29)14-4-9-18(10-5-14)26-20(28)13-2-7-17(24)8-3-13/h1-12H,(H,26,28)(H,27,29)/b25-12-. The number of hydrazone groups is 1. The number of hydrogen-bond acceptors (Lipinski definition) is 3. The molecule has 3 aromatic carbocycles. The third-order valence-corrected chi connectivity index (χ3v) is 4.41. The summed E-state index contributed by atoms with van der Waals surface area (Å²) in [6, 6.07) is 16.3. The average Bonchev–Trinajstić information content (AvgIpc) is 2.70. The van der Waals surface area contributed by atoms with Crippen molar-refractivity contribution in [2.75, 3.05) is 5.32 Å². The molecule has 2 amide bonds. The first kappa shape index (κ1) is 20.5. The van der Waals surface area contributed by atoms with Gasteiger partial charge in [-0.2, -0.15) is 5.10 Å². The number of halogens is 3. The van der Waals surface area contributed by atoms with E-state index in [4.69, 9.17) is 23.2 Å². The highest BCUT2D eigenvalue weighted by Gasteiger charge is 2.08. The van der Waals surface area contributed by atoms with E-state index in [0.29, 0.717) is 32.4 Å². The molecule has 0 saturated heterocycles. The van der Waals surface area contributed by atoms with Gasteiger partial charge in [0, 0.05) is 27.4 Å². The number of benzene rings is 3. The number of amides is 2. The van der Waals surface area contributed by atoms with Crippen molar-refractivity contribution in [2.45, 2.75) is 0 Å². The normalized spacial score (nSPS) is 10.7. The Kier molecular flexibility index (Phi) is 6.59. The van der Waals surface area contributed by atoms with Crippen LogP contribution in [0.25, 0.3) is 0 Å².